The minimum atomic E-state index is 0.434. The molecule has 0 saturated heterocycles. The molecule has 7 atom stereocenters. The van der Waals surface area contributed by atoms with Crippen molar-refractivity contribution < 1.29 is 0 Å². The lowest BCUT2D eigenvalue weighted by Gasteiger charge is -2.48. The quantitative estimate of drug-likeness (QED) is 0.727. The van der Waals surface area contributed by atoms with Gasteiger partial charge < -0.3 is 11.5 Å². The van der Waals surface area contributed by atoms with Crippen LogP contribution in [0.15, 0.2) is 0 Å². The molecule has 4 fully saturated rings. The molecule has 0 aromatic carbocycles. The molecule has 2 heteroatoms. The average molecular weight is 347 g/mol. The number of fused-ring (bicyclic) bond motifs is 4. The van der Waals surface area contributed by atoms with Crippen molar-refractivity contribution in [2.75, 3.05) is 6.54 Å². The van der Waals surface area contributed by atoms with E-state index in [1.54, 1.807) is 0 Å². The minimum absolute atomic E-state index is 0.434. The molecule has 4 bridgehead atoms. The fourth-order valence-corrected chi connectivity index (χ4v) is 7.95. The molecular weight excluding hydrogens is 304 g/mol. The van der Waals surface area contributed by atoms with Gasteiger partial charge in [-0.25, -0.2) is 0 Å². The standard InChI is InChI=1S/C23H42N2/c1-23(12-17-3-2-4-18(8-17)13-23)14-22(25)11-20-6-5-16-7-19(15-24)10-21(20)9-16/h16-22H,2-15,24-25H2,1H3. The van der Waals surface area contributed by atoms with E-state index in [0.717, 1.165) is 42.1 Å². The normalized spacial score (nSPS) is 48.1. The van der Waals surface area contributed by atoms with Crippen molar-refractivity contribution in [3.05, 3.63) is 0 Å². The van der Waals surface area contributed by atoms with Gasteiger partial charge >= 0.3 is 0 Å². The van der Waals surface area contributed by atoms with Crippen molar-refractivity contribution in [1.82, 2.24) is 0 Å². The third kappa shape index (κ3) is 4.26. The topological polar surface area (TPSA) is 52.0 Å². The summed E-state index contributed by atoms with van der Waals surface area (Å²) in [6.45, 7) is 3.48. The van der Waals surface area contributed by atoms with Gasteiger partial charge in [0.25, 0.3) is 0 Å². The van der Waals surface area contributed by atoms with Crippen molar-refractivity contribution in [3.8, 4) is 0 Å². The van der Waals surface area contributed by atoms with Crippen molar-refractivity contribution in [2.45, 2.75) is 96.4 Å². The van der Waals surface area contributed by atoms with E-state index in [1.165, 1.54) is 83.5 Å². The van der Waals surface area contributed by atoms with E-state index in [9.17, 15) is 0 Å². The molecule has 4 aliphatic carbocycles. The van der Waals surface area contributed by atoms with Gasteiger partial charge in [-0.2, -0.15) is 0 Å². The highest BCUT2D eigenvalue weighted by molar-refractivity contribution is 4.94. The molecule has 7 unspecified atom stereocenters. The molecule has 4 N–H and O–H groups in total. The molecule has 4 rings (SSSR count). The summed E-state index contributed by atoms with van der Waals surface area (Å²) in [5.74, 6) is 5.65. The number of rotatable bonds is 5. The number of hydrogen-bond acceptors (Lipinski definition) is 2. The maximum absolute atomic E-state index is 6.78. The van der Waals surface area contributed by atoms with Gasteiger partial charge in [-0.05, 0) is 105 Å². The summed E-state index contributed by atoms with van der Waals surface area (Å²) in [5, 5.41) is 0. The van der Waals surface area contributed by atoms with Crippen molar-refractivity contribution in [2.24, 2.45) is 52.4 Å². The summed E-state index contributed by atoms with van der Waals surface area (Å²) in [6.07, 6.45) is 18.7. The molecule has 0 aliphatic heterocycles. The predicted octanol–water partition coefficient (Wildman–Crippen LogP) is 5.10. The average Bonchev–Trinajstić information content (AvgIpc) is 2.56. The predicted molar refractivity (Wildman–Crippen MR) is 106 cm³/mol. The van der Waals surface area contributed by atoms with E-state index in [-0.39, 0.29) is 0 Å². The van der Waals surface area contributed by atoms with Crippen LogP contribution in [0.2, 0.25) is 0 Å². The van der Waals surface area contributed by atoms with Crippen LogP contribution in [0, 0.1) is 40.9 Å². The maximum atomic E-state index is 6.78. The van der Waals surface area contributed by atoms with Gasteiger partial charge in [-0.15, -0.1) is 0 Å². The first-order valence-electron chi connectivity index (χ1n) is 11.5. The fraction of sp³-hybridized carbons (Fsp3) is 1.00. The molecule has 25 heavy (non-hydrogen) atoms. The van der Waals surface area contributed by atoms with Gasteiger partial charge in [0.05, 0.1) is 0 Å². The van der Waals surface area contributed by atoms with Crippen LogP contribution in [-0.4, -0.2) is 12.6 Å². The molecule has 0 amide bonds. The van der Waals surface area contributed by atoms with E-state index >= 15 is 0 Å². The van der Waals surface area contributed by atoms with E-state index in [1.807, 2.05) is 0 Å². The molecule has 0 radical (unpaired) electrons. The molecule has 144 valence electrons. The van der Waals surface area contributed by atoms with Gasteiger partial charge in [-0.3, -0.25) is 0 Å². The first-order chi connectivity index (χ1) is 12.0. The largest absolute Gasteiger partial charge is 0.330 e. The highest BCUT2D eigenvalue weighted by Crippen LogP contribution is 2.52. The van der Waals surface area contributed by atoms with Crippen LogP contribution in [0.3, 0.4) is 0 Å². The third-order valence-corrected chi connectivity index (χ3v) is 8.70. The molecule has 0 aromatic heterocycles. The minimum Gasteiger partial charge on any atom is -0.330 e. The van der Waals surface area contributed by atoms with E-state index < -0.39 is 0 Å². The lowest BCUT2D eigenvalue weighted by molar-refractivity contribution is 0.0444. The second-order valence-electron chi connectivity index (χ2n) is 11.1. The van der Waals surface area contributed by atoms with Crippen molar-refractivity contribution in [3.63, 3.8) is 0 Å². The molecule has 0 heterocycles. The Balaban J connectivity index is 1.32. The van der Waals surface area contributed by atoms with E-state index in [0.29, 0.717) is 11.5 Å². The van der Waals surface area contributed by atoms with Crippen LogP contribution in [0.5, 0.6) is 0 Å². The summed E-state index contributed by atoms with van der Waals surface area (Å²) in [7, 11) is 0. The molecule has 2 nitrogen and oxygen atoms in total. The zero-order chi connectivity index (χ0) is 17.4. The van der Waals surface area contributed by atoms with Crippen LogP contribution in [0.4, 0.5) is 0 Å². The van der Waals surface area contributed by atoms with Crippen molar-refractivity contribution >= 4 is 0 Å². The van der Waals surface area contributed by atoms with Crippen LogP contribution in [-0.2, 0) is 0 Å². The van der Waals surface area contributed by atoms with Crippen LogP contribution in [0.1, 0.15) is 90.4 Å². The van der Waals surface area contributed by atoms with Gasteiger partial charge in [0.15, 0.2) is 0 Å². The number of hydrogen-bond donors (Lipinski definition) is 2. The third-order valence-electron chi connectivity index (χ3n) is 8.70. The fourth-order valence-electron chi connectivity index (χ4n) is 7.95. The Morgan fingerprint density at radius 3 is 2.40 bits per heavy atom. The highest BCUT2D eigenvalue weighted by Gasteiger charge is 2.41. The Morgan fingerprint density at radius 2 is 1.68 bits per heavy atom. The molecule has 0 aromatic rings. The van der Waals surface area contributed by atoms with Gasteiger partial charge in [-0.1, -0.05) is 32.6 Å². The zero-order valence-electron chi connectivity index (χ0n) is 16.6. The smallest absolute Gasteiger partial charge is 0.00467 e. The second-order valence-corrected chi connectivity index (χ2v) is 11.1. The summed E-state index contributed by atoms with van der Waals surface area (Å²) in [6, 6.07) is 0.434. The Kier molecular flexibility index (Phi) is 5.49. The van der Waals surface area contributed by atoms with Gasteiger partial charge in [0.2, 0.25) is 0 Å². The van der Waals surface area contributed by atoms with Crippen molar-refractivity contribution in [1.29, 1.82) is 0 Å². The summed E-state index contributed by atoms with van der Waals surface area (Å²) in [5.41, 5.74) is 13.3. The molecule has 4 saturated carbocycles. The SMILES string of the molecule is CC1(CC(N)CC2CCC3CC(CN)CC2C3)CC2CCCC(C2)C1. The molecule has 0 spiro atoms. The Hall–Kier alpha value is -0.0800. The van der Waals surface area contributed by atoms with Crippen LogP contribution >= 0.6 is 0 Å². The summed E-state index contributed by atoms with van der Waals surface area (Å²) >= 11 is 0. The Labute approximate surface area is 155 Å². The van der Waals surface area contributed by atoms with Gasteiger partial charge in [0.1, 0.15) is 0 Å². The van der Waals surface area contributed by atoms with Crippen LogP contribution in [0.25, 0.3) is 0 Å². The summed E-state index contributed by atoms with van der Waals surface area (Å²) < 4.78 is 0. The zero-order valence-corrected chi connectivity index (χ0v) is 16.6. The second kappa shape index (κ2) is 7.50. The van der Waals surface area contributed by atoms with Crippen LogP contribution < -0.4 is 11.5 Å². The Morgan fingerprint density at radius 1 is 0.920 bits per heavy atom. The monoisotopic (exact) mass is 346 g/mol. The number of nitrogens with two attached hydrogens (primary N) is 2. The maximum Gasteiger partial charge on any atom is 0.00467 e. The van der Waals surface area contributed by atoms with E-state index in [4.69, 9.17) is 11.5 Å². The first-order valence-corrected chi connectivity index (χ1v) is 11.5. The van der Waals surface area contributed by atoms with Gasteiger partial charge in [0, 0.05) is 6.04 Å². The lowest BCUT2D eigenvalue weighted by atomic mass is 9.58. The Bertz CT molecular complexity index is 435. The highest BCUT2D eigenvalue weighted by atomic mass is 14.7. The molecular formula is C23H42N2. The first kappa shape index (κ1) is 18.3. The van der Waals surface area contributed by atoms with E-state index in [2.05, 4.69) is 6.92 Å². The molecule has 4 aliphatic rings. The summed E-state index contributed by atoms with van der Waals surface area (Å²) in [4.78, 5) is 0. The lowest BCUT2D eigenvalue weighted by Crippen LogP contribution is -2.41.